The van der Waals surface area contributed by atoms with Gasteiger partial charge in [0.1, 0.15) is 5.82 Å². The van der Waals surface area contributed by atoms with E-state index >= 15 is 0 Å². The normalized spacial score (nSPS) is 11.0. The number of rotatable bonds is 2. The molecule has 0 aliphatic carbocycles. The zero-order valence-corrected chi connectivity index (χ0v) is 14.7. The van der Waals surface area contributed by atoms with Crippen LogP contribution in [0.25, 0.3) is 22.7 Å². The molecule has 0 saturated carbocycles. The number of benzene rings is 1. The van der Waals surface area contributed by atoms with Crippen LogP contribution in [-0.2, 0) is 0 Å². The Morgan fingerprint density at radius 2 is 1.79 bits per heavy atom. The van der Waals surface area contributed by atoms with Gasteiger partial charge in [-0.25, -0.2) is 4.39 Å². The second-order valence-corrected chi connectivity index (χ2v) is 6.34. The molecule has 0 spiro atoms. The first kappa shape index (κ1) is 17.0. The predicted octanol–water partition coefficient (Wildman–Crippen LogP) is 5.44. The molecule has 2 heterocycles. The molecule has 3 aromatic rings. The quantitative estimate of drug-likeness (QED) is 0.591. The van der Waals surface area contributed by atoms with Crippen molar-refractivity contribution in [3.63, 3.8) is 0 Å². The highest BCUT2D eigenvalue weighted by molar-refractivity contribution is 6.38. The van der Waals surface area contributed by atoms with Gasteiger partial charge < -0.3 is 4.57 Å². The highest BCUT2D eigenvalue weighted by atomic mass is 35.5. The van der Waals surface area contributed by atoms with Crippen LogP contribution in [0.2, 0.25) is 15.1 Å². The van der Waals surface area contributed by atoms with Crippen LogP contribution in [0.3, 0.4) is 0 Å². The van der Waals surface area contributed by atoms with E-state index in [1.165, 1.54) is 18.3 Å². The van der Waals surface area contributed by atoms with Gasteiger partial charge in [-0.1, -0.05) is 41.4 Å². The molecule has 3 nitrogen and oxygen atoms in total. The molecule has 0 aliphatic rings. The van der Waals surface area contributed by atoms with Crippen LogP contribution in [-0.4, -0.2) is 9.55 Å². The topological polar surface area (TPSA) is 34.9 Å². The third-order valence-corrected chi connectivity index (χ3v) is 4.45. The van der Waals surface area contributed by atoms with Gasteiger partial charge in [-0.3, -0.25) is 9.78 Å². The van der Waals surface area contributed by atoms with Crippen molar-refractivity contribution in [2.45, 2.75) is 6.92 Å². The van der Waals surface area contributed by atoms with Gasteiger partial charge >= 0.3 is 0 Å². The van der Waals surface area contributed by atoms with Gasteiger partial charge in [0.25, 0.3) is 0 Å². The smallest absolute Gasteiger partial charge is 0.191 e. The summed E-state index contributed by atoms with van der Waals surface area (Å²) in [4.78, 5) is 16.6. The predicted molar refractivity (Wildman–Crippen MR) is 97.2 cm³/mol. The van der Waals surface area contributed by atoms with Crippen molar-refractivity contribution in [2.24, 2.45) is 0 Å². The molecule has 2 aromatic heterocycles. The fourth-order valence-corrected chi connectivity index (χ4v) is 3.51. The lowest BCUT2D eigenvalue weighted by atomic mass is 10.1. The summed E-state index contributed by atoms with van der Waals surface area (Å²) in [6.07, 6.45) is 2.88. The zero-order chi connectivity index (χ0) is 17.6. The Balaban J connectivity index is 2.60. The van der Waals surface area contributed by atoms with Gasteiger partial charge in [0.05, 0.1) is 37.4 Å². The minimum Gasteiger partial charge on any atom is -0.309 e. The first-order valence-electron chi connectivity index (χ1n) is 6.83. The number of nitrogens with zero attached hydrogens (tertiary/aromatic N) is 2. The average Bonchev–Trinajstić information content (AvgIpc) is 2.49. The first-order valence-corrected chi connectivity index (χ1v) is 7.96. The third kappa shape index (κ3) is 2.61. The molecule has 3 rings (SSSR count). The Morgan fingerprint density at radius 1 is 1.17 bits per heavy atom. The Labute approximate surface area is 151 Å². The molecular formula is C17H10Cl3FN2O. The minimum atomic E-state index is -0.559. The summed E-state index contributed by atoms with van der Waals surface area (Å²) in [5.74, 6) is -0.559. The Kier molecular flexibility index (Phi) is 4.38. The molecule has 1 aromatic carbocycles. The van der Waals surface area contributed by atoms with Crippen LogP contribution in [0.1, 0.15) is 11.4 Å². The van der Waals surface area contributed by atoms with E-state index in [1.807, 2.05) is 0 Å². The summed E-state index contributed by atoms with van der Waals surface area (Å²) in [6, 6.07) is 3.72. The van der Waals surface area contributed by atoms with Crippen LogP contribution in [0.15, 0.2) is 35.8 Å². The molecule has 0 unspecified atom stereocenters. The number of aryl methyl sites for hydroxylation is 1. The zero-order valence-electron chi connectivity index (χ0n) is 12.4. The van der Waals surface area contributed by atoms with Gasteiger partial charge in [0, 0.05) is 18.0 Å². The van der Waals surface area contributed by atoms with E-state index in [0.29, 0.717) is 28.0 Å². The van der Waals surface area contributed by atoms with Crippen LogP contribution >= 0.6 is 34.8 Å². The van der Waals surface area contributed by atoms with E-state index < -0.39 is 5.82 Å². The van der Waals surface area contributed by atoms with Crippen molar-refractivity contribution in [3.05, 3.63) is 73.5 Å². The highest BCUT2D eigenvalue weighted by Crippen LogP contribution is 2.35. The van der Waals surface area contributed by atoms with Crippen LogP contribution in [0.5, 0.6) is 0 Å². The van der Waals surface area contributed by atoms with Gasteiger partial charge in [0.2, 0.25) is 0 Å². The summed E-state index contributed by atoms with van der Waals surface area (Å²) in [7, 11) is 0. The Morgan fingerprint density at radius 3 is 2.38 bits per heavy atom. The second-order valence-electron chi connectivity index (χ2n) is 5.12. The van der Waals surface area contributed by atoms with Crippen LogP contribution in [0.4, 0.5) is 4.39 Å². The highest BCUT2D eigenvalue weighted by Gasteiger charge is 2.19. The molecule has 0 atom stereocenters. The number of hydrogen-bond donors (Lipinski definition) is 0. The summed E-state index contributed by atoms with van der Waals surface area (Å²) >= 11 is 18.7. The third-order valence-electron chi connectivity index (χ3n) is 3.60. The van der Waals surface area contributed by atoms with E-state index in [-0.39, 0.29) is 20.5 Å². The molecule has 24 heavy (non-hydrogen) atoms. The molecule has 0 amide bonds. The van der Waals surface area contributed by atoms with E-state index in [0.717, 1.165) is 12.1 Å². The summed E-state index contributed by atoms with van der Waals surface area (Å²) < 4.78 is 15.1. The van der Waals surface area contributed by atoms with Crippen LogP contribution in [0, 0.1) is 12.7 Å². The number of hydrogen-bond acceptors (Lipinski definition) is 2. The van der Waals surface area contributed by atoms with E-state index in [4.69, 9.17) is 34.8 Å². The van der Waals surface area contributed by atoms with Gasteiger partial charge in [0.15, 0.2) is 5.43 Å². The average molecular weight is 384 g/mol. The second kappa shape index (κ2) is 6.20. The van der Waals surface area contributed by atoms with Gasteiger partial charge in [-0.05, 0) is 25.1 Å². The fraction of sp³-hybridized carbons (Fsp3) is 0.0588. The molecule has 0 radical (unpaired) electrons. The van der Waals surface area contributed by atoms with Crippen molar-refractivity contribution >= 4 is 51.8 Å². The van der Waals surface area contributed by atoms with E-state index in [2.05, 4.69) is 11.6 Å². The lowest BCUT2D eigenvalue weighted by Gasteiger charge is -2.19. The summed E-state index contributed by atoms with van der Waals surface area (Å²) in [5.41, 5.74) is 1.42. The van der Waals surface area contributed by atoms with Crippen molar-refractivity contribution in [1.29, 1.82) is 0 Å². The summed E-state index contributed by atoms with van der Waals surface area (Å²) in [5, 5.41) is 0.731. The Hall–Kier alpha value is -1.88. The van der Waals surface area contributed by atoms with Crippen molar-refractivity contribution in [1.82, 2.24) is 9.55 Å². The molecule has 0 aliphatic heterocycles. The monoisotopic (exact) mass is 382 g/mol. The molecular weight excluding hydrogens is 374 g/mol. The van der Waals surface area contributed by atoms with Crippen molar-refractivity contribution < 1.29 is 4.39 Å². The number of aromatic nitrogens is 2. The van der Waals surface area contributed by atoms with E-state index in [9.17, 15) is 9.18 Å². The van der Waals surface area contributed by atoms with Gasteiger partial charge in [-0.2, -0.15) is 0 Å². The first-order chi connectivity index (χ1) is 11.3. The SMILES string of the molecule is C=Cc1ncc(Cl)c2c1c(=O)cc(C)n2-c1c(Cl)cc(F)cc1Cl. The van der Waals surface area contributed by atoms with E-state index in [1.54, 1.807) is 11.5 Å². The molecule has 0 bridgehead atoms. The lowest BCUT2D eigenvalue weighted by molar-refractivity contribution is 0.627. The molecule has 122 valence electrons. The minimum absolute atomic E-state index is 0.0982. The maximum absolute atomic E-state index is 13.5. The largest absolute Gasteiger partial charge is 0.309 e. The fourth-order valence-electron chi connectivity index (χ4n) is 2.65. The Bertz CT molecular complexity index is 1040. The van der Waals surface area contributed by atoms with Crippen molar-refractivity contribution in [2.75, 3.05) is 0 Å². The number of halogens is 4. The summed E-state index contributed by atoms with van der Waals surface area (Å²) in [6.45, 7) is 5.38. The lowest BCUT2D eigenvalue weighted by Crippen LogP contribution is -2.13. The molecule has 0 saturated heterocycles. The van der Waals surface area contributed by atoms with Crippen LogP contribution < -0.4 is 5.43 Å². The number of pyridine rings is 2. The number of fused-ring (bicyclic) bond motifs is 1. The van der Waals surface area contributed by atoms with Gasteiger partial charge in [-0.15, -0.1) is 0 Å². The van der Waals surface area contributed by atoms with Crippen molar-refractivity contribution in [3.8, 4) is 5.69 Å². The standard InChI is InChI=1S/C17H10Cl3FN2O/c1-3-13-15-14(24)4-8(2)23(17(15)12(20)7-22-13)16-10(18)5-9(21)6-11(16)19/h3-7H,1H2,2H3. The molecule has 0 N–H and O–H groups in total. The maximum Gasteiger partial charge on any atom is 0.191 e. The molecule has 7 heteroatoms. The molecule has 0 fully saturated rings. The maximum atomic E-state index is 13.5.